The summed E-state index contributed by atoms with van der Waals surface area (Å²) in [5.41, 5.74) is -0.668. The summed E-state index contributed by atoms with van der Waals surface area (Å²) < 4.78 is 46.0. The van der Waals surface area contributed by atoms with Gasteiger partial charge in [-0.05, 0) is 13.8 Å². The van der Waals surface area contributed by atoms with Crippen molar-refractivity contribution in [1.82, 2.24) is 0 Å². The summed E-state index contributed by atoms with van der Waals surface area (Å²) in [7, 11) is -7.66. The number of carbonyl (C=O) groups is 1. The average molecular weight is 281 g/mol. The van der Waals surface area contributed by atoms with Gasteiger partial charge in [0.05, 0.1) is 10.7 Å². The van der Waals surface area contributed by atoms with E-state index in [1.165, 1.54) is 13.8 Å². The zero-order valence-electron chi connectivity index (χ0n) is 9.11. The van der Waals surface area contributed by atoms with Gasteiger partial charge in [0.25, 0.3) is 0 Å². The molecule has 9 heteroatoms. The average Bonchev–Trinajstić information content (AvgIpc) is 2.41. The fraction of sp³-hybridized carbons (Fsp3) is 0.500. The summed E-state index contributed by atoms with van der Waals surface area (Å²) in [6.45, 7) is 2.81. The molecule has 1 aliphatic rings. The molecule has 0 aromatic carbocycles. The Morgan fingerprint density at radius 2 is 2.00 bits per heavy atom. The van der Waals surface area contributed by atoms with Crippen molar-refractivity contribution in [2.75, 3.05) is 5.75 Å². The summed E-state index contributed by atoms with van der Waals surface area (Å²) >= 11 is 0. The van der Waals surface area contributed by atoms with Crippen LogP contribution in [-0.2, 0) is 24.5 Å². The van der Waals surface area contributed by atoms with Crippen molar-refractivity contribution in [2.24, 2.45) is 4.99 Å². The third-order valence-corrected chi connectivity index (χ3v) is 5.82. The smallest absolute Gasteiger partial charge is 0.355 e. The zero-order valence-corrected chi connectivity index (χ0v) is 10.7. The standard InChI is InChI=1S/C8H11NO6S2/c1-5(2)16(12,13)4-7-9-6(8(10)11)3-17(7,14)15/h3,5H,4H2,1-2H3,(H,10,11). The molecule has 0 amide bonds. The van der Waals surface area contributed by atoms with E-state index < -0.39 is 47.4 Å². The fourth-order valence-electron chi connectivity index (χ4n) is 0.991. The van der Waals surface area contributed by atoms with Gasteiger partial charge in [0.1, 0.15) is 5.75 Å². The highest BCUT2D eigenvalue weighted by atomic mass is 32.2. The number of hydrogen-bond acceptors (Lipinski definition) is 6. The van der Waals surface area contributed by atoms with Crippen LogP contribution >= 0.6 is 0 Å². The Morgan fingerprint density at radius 1 is 1.47 bits per heavy atom. The van der Waals surface area contributed by atoms with Crippen LogP contribution < -0.4 is 0 Å². The molecule has 7 nitrogen and oxygen atoms in total. The minimum absolute atomic E-state index is 0.459. The van der Waals surface area contributed by atoms with Crippen molar-refractivity contribution in [2.45, 2.75) is 19.1 Å². The summed E-state index contributed by atoms with van der Waals surface area (Å²) in [5.74, 6) is -2.29. The third kappa shape index (κ3) is 2.91. The van der Waals surface area contributed by atoms with Gasteiger partial charge < -0.3 is 5.11 Å². The zero-order chi connectivity index (χ0) is 13.4. The minimum Gasteiger partial charge on any atom is -0.476 e. The molecule has 0 radical (unpaired) electrons. The van der Waals surface area contributed by atoms with Crippen LogP contribution in [0, 0.1) is 0 Å². The van der Waals surface area contributed by atoms with E-state index in [2.05, 4.69) is 4.99 Å². The van der Waals surface area contributed by atoms with Crippen molar-refractivity contribution >= 4 is 30.7 Å². The van der Waals surface area contributed by atoms with Crippen LogP contribution in [0.25, 0.3) is 0 Å². The maximum absolute atomic E-state index is 11.5. The lowest BCUT2D eigenvalue weighted by Gasteiger charge is -2.06. The van der Waals surface area contributed by atoms with E-state index in [1.54, 1.807) is 0 Å². The highest BCUT2D eigenvalue weighted by molar-refractivity contribution is 8.11. The van der Waals surface area contributed by atoms with Gasteiger partial charge in [-0.2, -0.15) is 0 Å². The lowest BCUT2D eigenvalue weighted by atomic mass is 10.5. The maximum atomic E-state index is 11.5. The maximum Gasteiger partial charge on any atom is 0.355 e. The third-order valence-electron chi connectivity index (χ3n) is 2.10. The molecule has 0 saturated heterocycles. The van der Waals surface area contributed by atoms with Gasteiger partial charge in [-0.1, -0.05) is 0 Å². The molecule has 1 heterocycles. The predicted octanol–water partition coefficient (Wildman–Crippen LogP) is -0.438. The normalized spacial score (nSPS) is 19.0. The molecule has 1 N–H and O–H groups in total. The van der Waals surface area contributed by atoms with E-state index in [0.29, 0.717) is 5.41 Å². The molecule has 0 aromatic heterocycles. The Hall–Kier alpha value is -1.22. The quantitative estimate of drug-likeness (QED) is 0.746. The van der Waals surface area contributed by atoms with E-state index in [-0.39, 0.29) is 0 Å². The topological polar surface area (TPSA) is 118 Å². The van der Waals surface area contributed by atoms with Gasteiger partial charge >= 0.3 is 5.97 Å². The molecular weight excluding hydrogens is 270 g/mol. The summed E-state index contributed by atoms with van der Waals surface area (Å²) in [6.07, 6.45) is 0. The number of aliphatic imine (C=N–C) groups is 1. The van der Waals surface area contributed by atoms with Crippen molar-refractivity contribution in [1.29, 1.82) is 0 Å². The number of sulfone groups is 2. The van der Waals surface area contributed by atoms with Crippen LogP contribution in [0.15, 0.2) is 16.1 Å². The predicted molar refractivity (Wildman–Crippen MR) is 61.0 cm³/mol. The lowest BCUT2D eigenvalue weighted by molar-refractivity contribution is -0.132. The van der Waals surface area contributed by atoms with Crippen molar-refractivity contribution in [3.8, 4) is 0 Å². The van der Waals surface area contributed by atoms with E-state index in [0.717, 1.165) is 0 Å². The second-order valence-corrected chi connectivity index (χ2v) is 8.07. The molecule has 0 unspecified atom stereocenters. The van der Waals surface area contributed by atoms with Crippen LogP contribution in [0.5, 0.6) is 0 Å². The van der Waals surface area contributed by atoms with Crippen LogP contribution in [-0.4, -0.2) is 44.0 Å². The Kier molecular flexibility index (Phi) is 3.44. The Morgan fingerprint density at radius 3 is 2.35 bits per heavy atom. The summed E-state index contributed by atoms with van der Waals surface area (Å²) in [5, 5.41) is 7.65. The first-order valence-corrected chi connectivity index (χ1v) is 7.81. The number of hydrogen-bond donors (Lipinski definition) is 1. The largest absolute Gasteiger partial charge is 0.476 e. The van der Waals surface area contributed by atoms with Gasteiger partial charge in [-0.25, -0.2) is 26.6 Å². The highest BCUT2D eigenvalue weighted by Gasteiger charge is 2.32. The molecule has 1 rings (SSSR count). The first-order chi connectivity index (χ1) is 7.56. The Labute approximate surface area is 98.7 Å². The molecule has 0 saturated carbocycles. The van der Waals surface area contributed by atoms with Crippen molar-refractivity contribution in [3.05, 3.63) is 11.1 Å². The monoisotopic (exact) mass is 281 g/mol. The van der Waals surface area contributed by atoms with Crippen molar-refractivity contribution < 1.29 is 26.7 Å². The molecule has 0 fully saturated rings. The number of aliphatic carboxylic acids is 1. The molecular formula is C8H11NO6S2. The fourth-order valence-corrected chi connectivity index (χ4v) is 3.69. The van der Waals surface area contributed by atoms with Gasteiger partial charge in [0.2, 0.25) is 9.84 Å². The highest BCUT2D eigenvalue weighted by Crippen LogP contribution is 2.17. The van der Waals surface area contributed by atoms with E-state index in [4.69, 9.17) is 5.11 Å². The van der Waals surface area contributed by atoms with Crippen LogP contribution in [0.3, 0.4) is 0 Å². The summed E-state index contributed by atoms with van der Waals surface area (Å²) in [4.78, 5) is 13.9. The summed E-state index contributed by atoms with van der Waals surface area (Å²) in [6, 6.07) is 0. The second kappa shape index (κ2) is 4.22. The molecule has 17 heavy (non-hydrogen) atoms. The van der Waals surface area contributed by atoms with E-state index >= 15 is 0 Å². The van der Waals surface area contributed by atoms with E-state index in [9.17, 15) is 21.6 Å². The van der Waals surface area contributed by atoms with Crippen LogP contribution in [0.1, 0.15) is 13.8 Å². The molecule has 0 aliphatic carbocycles. The van der Waals surface area contributed by atoms with Gasteiger partial charge in [-0.3, -0.25) is 0 Å². The number of carboxylic acids is 1. The minimum atomic E-state index is -4.02. The van der Waals surface area contributed by atoms with Gasteiger partial charge in [-0.15, -0.1) is 0 Å². The SMILES string of the molecule is CC(C)S(=O)(=O)CC1=NC(C(=O)O)=CS1(=O)=O. The molecule has 0 atom stereocenters. The first kappa shape index (κ1) is 13.8. The molecule has 96 valence electrons. The number of rotatable bonds is 4. The van der Waals surface area contributed by atoms with Crippen LogP contribution in [0.2, 0.25) is 0 Å². The van der Waals surface area contributed by atoms with Gasteiger partial charge in [0, 0.05) is 0 Å². The lowest BCUT2D eigenvalue weighted by Crippen LogP contribution is -2.26. The Bertz CT molecular complexity index is 608. The molecule has 1 aliphatic heterocycles. The molecule has 0 spiro atoms. The van der Waals surface area contributed by atoms with E-state index in [1.807, 2.05) is 0 Å². The first-order valence-electron chi connectivity index (χ1n) is 4.55. The van der Waals surface area contributed by atoms with Crippen LogP contribution in [0.4, 0.5) is 0 Å². The number of nitrogens with zero attached hydrogens (tertiary/aromatic N) is 1. The molecule has 0 bridgehead atoms. The number of carboxylic acid groups (broad SMARTS) is 1. The molecule has 0 aromatic rings. The van der Waals surface area contributed by atoms with Crippen molar-refractivity contribution in [3.63, 3.8) is 0 Å². The Balaban J connectivity index is 3.13. The van der Waals surface area contributed by atoms with Gasteiger partial charge in [0.15, 0.2) is 20.6 Å². The second-order valence-electron chi connectivity index (χ2n) is 3.71.